The molecule has 0 aliphatic carbocycles. The van der Waals surface area contributed by atoms with E-state index in [1.165, 1.54) is 12.5 Å². The van der Waals surface area contributed by atoms with Gasteiger partial charge in [-0.2, -0.15) is 0 Å². The number of ether oxygens (including phenoxy) is 2. The number of oxazole rings is 1. The molecule has 2 heterocycles. The van der Waals surface area contributed by atoms with Gasteiger partial charge in [-0.1, -0.05) is 26.0 Å². The van der Waals surface area contributed by atoms with Crippen molar-refractivity contribution in [1.29, 1.82) is 0 Å². The molecular formula is C19H18N2O5S. The van der Waals surface area contributed by atoms with Gasteiger partial charge in [-0.15, -0.1) is 0 Å². The van der Waals surface area contributed by atoms with Gasteiger partial charge < -0.3 is 13.9 Å². The van der Waals surface area contributed by atoms with E-state index in [9.17, 15) is 8.42 Å². The first-order valence-corrected chi connectivity index (χ1v) is 9.88. The molecule has 1 N–H and O–H groups in total. The van der Waals surface area contributed by atoms with Crippen LogP contribution in [0.4, 0.5) is 5.69 Å². The molecule has 3 aromatic rings. The van der Waals surface area contributed by atoms with E-state index >= 15 is 0 Å². The van der Waals surface area contributed by atoms with E-state index in [1.54, 1.807) is 30.3 Å². The third-order valence-corrected chi connectivity index (χ3v) is 5.62. The fourth-order valence-electron chi connectivity index (χ4n) is 2.80. The third kappa shape index (κ3) is 3.35. The maximum Gasteiger partial charge on any atom is 0.261 e. The van der Waals surface area contributed by atoms with Crippen molar-refractivity contribution in [3.05, 3.63) is 54.4 Å². The molecule has 0 saturated carbocycles. The Morgan fingerprint density at radius 2 is 1.89 bits per heavy atom. The predicted octanol–water partition coefficient (Wildman–Crippen LogP) is 3.99. The molecule has 0 radical (unpaired) electrons. The highest BCUT2D eigenvalue weighted by molar-refractivity contribution is 7.92. The van der Waals surface area contributed by atoms with Gasteiger partial charge in [0, 0.05) is 6.07 Å². The minimum Gasteiger partial charge on any atom is -0.454 e. The van der Waals surface area contributed by atoms with E-state index in [-0.39, 0.29) is 23.5 Å². The first kappa shape index (κ1) is 17.4. The van der Waals surface area contributed by atoms with Gasteiger partial charge in [0.2, 0.25) is 12.7 Å². The number of hydrogen-bond acceptors (Lipinski definition) is 6. The van der Waals surface area contributed by atoms with Crippen LogP contribution in [0.25, 0.3) is 11.5 Å². The zero-order valence-corrected chi connectivity index (χ0v) is 15.6. The standard InChI is InChI=1S/C19H18N2O5S/c1-12(2)13-4-3-5-14(8-13)27(22,23)21-16-10-18-17(25-11-26-18)9-15(16)19-20-6-7-24-19/h3-10,12,21H,11H2,1-2H3. The van der Waals surface area contributed by atoms with Crippen LogP contribution in [0, 0.1) is 0 Å². The van der Waals surface area contributed by atoms with E-state index < -0.39 is 10.0 Å². The summed E-state index contributed by atoms with van der Waals surface area (Å²) in [5, 5.41) is 0. The topological polar surface area (TPSA) is 90.7 Å². The Morgan fingerprint density at radius 3 is 2.59 bits per heavy atom. The smallest absolute Gasteiger partial charge is 0.261 e. The molecule has 0 spiro atoms. The van der Waals surface area contributed by atoms with Crippen LogP contribution in [0.2, 0.25) is 0 Å². The molecule has 0 unspecified atom stereocenters. The van der Waals surface area contributed by atoms with Crippen LogP contribution in [-0.2, 0) is 10.0 Å². The van der Waals surface area contributed by atoms with Gasteiger partial charge in [-0.25, -0.2) is 13.4 Å². The Hall–Kier alpha value is -3.00. The highest BCUT2D eigenvalue weighted by Crippen LogP contribution is 2.41. The van der Waals surface area contributed by atoms with Crippen LogP contribution in [0.1, 0.15) is 25.3 Å². The maximum atomic E-state index is 13.0. The molecule has 0 fully saturated rings. The number of hydrogen-bond donors (Lipinski definition) is 1. The quantitative estimate of drug-likeness (QED) is 0.713. The number of anilines is 1. The fraction of sp³-hybridized carbons (Fsp3) is 0.211. The molecule has 8 heteroatoms. The number of nitrogens with one attached hydrogen (secondary N) is 1. The van der Waals surface area contributed by atoms with Crippen molar-refractivity contribution in [2.75, 3.05) is 11.5 Å². The second-order valence-electron chi connectivity index (χ2n) is 6.42. The van der Waals surface area contributed by atoms with Crippen LogP contribution in [-0.4, -0.2) is 20.2 Å². The van der Waals surface area contributed by atoms with Gasteiger partial charge in [0.15, 0.2) is 11.5 Å². The lowest BCUT2D eigenvalue weighted by atomic mass is 10.0. The molecular weight excluding hydrogens is 368 g/mol. The summed E-state index contributed by atoms with van der Waals surface area (Å²) in [5.41, 5.74) is 1.71. The van der Waals surface area contributed by atoms with Crippen LogP contribution < -0.4 is 14.2 Å². The number of nitrogens with zero attached hydrogens (tertiary/aromatic N) is 1. The van der Waals surface area contributed by atoms with E-state index in [1.807, 2.05) is 19.9 Å². The van der Waals surface area contributed by atoms with Crippen molar-refractivity contribution >= 4 is 15.7 Å². The molecule has 1 aromatic heterocycles. The van der Waals surface area contributed by atoms with Crippen LogP contribution in [0.3, 0.4) is 0 Å². The Morgan fingerprint density at radius 1 is 1.11 bits per heavy atom. The van der Waals surface area contributed by atoms with Gasteiger partial charge >= 0.3 is 0 Å². The Labute approximate surface area is 157 Å². The van der Waals surface area contributed by atoms with E-state index in [0.29, 0.717) is 22.7 Å². The molecule has 0 saturated heterocycles. The molecule has 140 valence electrons. The summed E-state index contributed by atoms with van der Waals surface area (Å²) in [5.74, 6) is 1.46. The van der Waals surface area contributed by atoms with Gasteiger partial charge in [0.25, 0.3) is 10.0 Å². The van der Waals surface area contributed by atoms with Crippen molar-refractivity contribution in [3.63, 3.8) is 0 Å². The summed E-state index contributed by atoms with van der Waals surface area (Å²) in [7, 11) is -3.82. The molecule has 4 rings (SSSR count). The number of aromatic nitrogens is 1. The normalized spacial score (nSPS) is 13.1. The summed E-state index contributed by atoms with van der Waals surface area (Å²) in [6, 6.07) is 10.1. The largest absolute Gasteiger partial charge is 0.454 e. The highest BCUT2D eigenvalue weighted by atomic mass is 32.2. The van der Waals surface area contributed by atoms with Crippen molar-refractivity contribution in [2.24, 2.45) is 0 Å². The fourth-order valence-corrected chi connectivity index (χ4v) is 3.93. The Bertz CT molecular complexity index is 1080. The molecule has 0 amide bonds. The van der Waals surface area contributed by atoms with E-state index in [0.717, 1.165) is 5.56 Å². The minimum atomic E-state index is -3.82. The number of rotatable bonds is 5. The lowest BCUT2D eigenvalue weighted by Crippen LogP contribution is -2.14. The van der Waals surface area contributed by atoms with E-state index in [4.69, 9.17) is 13.9 Å². The summed E-state index contributed by atoms with van der Waals surface area (Å²) >= 11 is 0. The predicted molar refractivity (Wildman–Crippen MR) is 99.4 cm³/mol. The molecule has 1 aliphatic heterocycles. The number of sulfonamides is 1. The maximum absolute atomic E-state index is 13.0. The van der Waals surface area contributed by atoms with Crippen molar-refractivity contribution < 1.29 is 22.3 Å². The average Bonchev–Trinajstić information content (AvgIpc) is 3.32. The summed E-state index contributed by atoms with van der Waals surface area (Å²) in [6.07, 6.45) is 2.91. The summed E-state index contributed by atoms with van der Waals surface area (Å²) in [6.45, 7) is 4.10. The first-order valence-electron chi connectivity index (χ1n) is 8.40. The highest BCUT2D eigenvalue weighted by Gasteiger charge is 2.24. The second kappa shape index (κ2) is 6.62. The van der Waals surface area contributed by atoms with Crippen molar-refractivity contribution in [2.45, 2.75) is 24.7 Å². The zero-order valence-electron chi connectivity index (χ0n) is 14.8. The molecule has 2 aromatic carbocycles. The van der Waals surface area contributed by atoms with Gasteiger partial charge in [-0.05, 0) is 29.7 Å². The average molecular weight is 386 g/mol. The van der Waals surface area contributed by atoms with Gasteiger partial charge in [-0.3, -0.25) is 4.72 Å². The zero-order chi connectivity index (χ0) is 19.0. The number of fused-ring (bicyclic) bond motifs is 1. The molecule has 0 atom stereocenters. The lowest BCUT2D eigenvalue weighted by molar-refractivity contribution is 0.174. The van der Waals surface area contributed by atoms with E-state index in [2.05, 4.69) is 9.71 Å². The molecule has 7 nitrogen and oxygen atoms in total. The molecule has 1 aliphatic rings. The Kier molecular flexibility index (Phi) is 4.27. The SMILES string of the molecule is CC(C)c1cccc(S(=O)(=O)Nc2cc3c(cc2-c2ncco2)OCO3)c1. The van der Waals surface area contributed by atoms with Crippen molar-refractivity contribution in [1.82, 2.24) is 4.98 Å². The third-order valence-electron chi connectivity index (χ3n) is 4.25. The minimum absolute atomic E-state index is 0.0764. The van der Waals surface area contributed by atoms with Crippen molar-refractivity contribution in [3.8, 4) is 23.0 Å². The van der Waals surface area contributed by atoms with Crippen LogP contribution in [0.5, 0.6) is 11.5 Å². The first-order chi connectivity index (χ1) is 12.9. The second-order valence-corrected chi connectivity index (χ2v) is 8.10. The van der Waals surface area contributed by atoms with Gasteiger partial charge in [0.05, 0.1) is 22.3 Å². The van der Waals surface area contributed by atoms with Crippen LogP contribution in [0.15, 0.2) is 58.2 Å². The summed E-state index contributed by atoms with van der Waals surface area (Å²) < 4.78 is 44.7. The number of benzene rings is 2. The monoisotopic (exact) mass is 386 g/mol. The Balaban J connectivity index is 1.77. The van der Waals surface area contributed by atoms with Gasteiger partial charge in [0.1, 0.15) is 6.26 Å². The van der Waals surface area contributed by atoms with Crippen LogP contribution >= 0.6 is 0 Å². The molecule has 27 heavy (non-hydrogen) atoms. The molecule has 0 bridgehead atoms. The lowest BCUT2D eigenvalue weighted by Gasteiger charge is -2.13. The summed E-state index contributed by atoms with van der Waals surface area (Å²) in [4.78, 5) is 4.30.